The number of anilines is 3. The van der Waals surface area contributed by atoms with Crippen LogP contribution in [0.4, 0.5) is 23.3 Å². The van der Waals surface area contributed by atoms with E-state index >= 15 is 0 Å². The molecule has 0 spiro atoms. The molecule has 0 saturated carbocycles. The number of nitrogens with one attached hydrogen (secondary N) is 3. The highest BCUT2D eigenvalue weighted by Gasteiger charge is 2.06. The number of nitrogens with zero attached hydrogens (tertiary/aromatic N) is 3. The van der Waals surface area contributed by atoms with Gasteiger partial charge >= 0.3 is 5.69 Å². The third kappa shape index (κ3) is 4.38. The Kier molecular flexibility index (Phi) is 4.65. The Balaban J connectivity index is 1.72. The summed E-state index contributed by atoms with van der Waals surface area (Å²) in [6, 6.07) is 15.4. The van der Waals surface area contributed by atoms with E-state index in [-0.39, 0.29) is 17.6 Å². The average molecular weight is 338 g/mol. The van der Waals surface area contributed by atoms with Crippen molar-refractivity contribution in [2.45, 2.75) is 6.54 Å². The lowest BCUT2D eigenvalue weighted by Crippen LogP contribution is -2.17. The second-order valence-electron chi connectivity index (χ2n) is 5.09. The molecule has 3 aromatic rings. The van der Waals surface area contributed by atoms with E-state index in [0.29, 0.717) is 12.2 Å². The van der Waals surface area contributed by atoms with Gasteiger partial charge in [0.2, 0.25) is 11.9 Å². The topological polar surface area (TPSA) is 126 Å². The first-order chi connectivity index (χ1) is 12.1. The van der Waals surface area contributed by atoms with Crippen LogP contribution in [0.25, 0.3) is 0 Å². The van der Waals surface area contributed by atoms with Crippen LogP contribution in [0.5, 0.6) is 0 Å². The lowest BCUT2D eigenvalue weighted by molar-refractivity contribution is -0.384. The first-order valence-corrected chi connectivity index (χ1v) is 7.38. The Bertz CT molecular complexity index is 925. The third-order valence-electron chi connectivity index (χ3n) is 3.28. The van der Waals surface area contributed by atoms with Crippen LogP contribution >= 0.6 is 0 Å². The summed E-state index contributed by atoms with van der Waals surface area (Å²) in [7, 11) is 0. The molecule has 2 aromatic carbocycles. The maximum Gasteiger partial charge on any atom is 0.351 e. The molecule has 126 valence electrons. The first-order valence-electron chi connectivity index (χ1n) is 7.38. The van der Waals surface area contributed by atoms with Gasteiger partial charge < -0.3 is 10.6 Å². The van der Waals surface area contributed by atoms with Crippen LogP contribution < -0.4 is 16.3 Å². The van der Waals surface area contributed by atoms with Crippen LogP contribution in [-0.4, -0.2) is 19.9 Å². The number of hydrogen-bond acceptors (Lipinski definition) is 7. The summed E-state index contributed by atoms with van der Waals surface area (Å²) in [6.07, 6.45) is 0. The normalized spacial score (nSPS) is 10.2. The van der Waals surface area contributed by atoms with Gasteiger partial charge in [-0.3, -0.25) is 15.1 Å². The molecule has 0 aliphatic rings. The Hall–Kier alpha value is -3.75. The van der Waals surface area contributed by atoms with E-state index in [1.165, 1.54) is 24.3 Å². The monoisotopic (exact) mass is 338 g/mol. The van der Waals surface area contributed by atoms with E-state index in [0.717, 1.165) is 5.56 Å². The van der Waals surface area contributed by atoms with Gasteiger partial charge in [-0.15, -0.1) is 0 Å². The molecule has 0 unspecified atom stereocenters. The molecule has 1 aromatic heterocycles. The predicted octanol–water partition coefficient (Wildman–Crippen LogP) is 2.43. The number of rotatable bonds is 6. The molecule has 1 heterocycles. The standard InChI is InChI=1S/C16H14N6O3/c23-16-20-14(17-10-11-4-2-1-3-5-11)19-15(21-16)18-12-6-8-13(9-7-12)22(24)25/h1-9H,10H2,(H3,17,18,19,20,21,23). The molecule has 3 N–H and O–H groups in total. The number of H-pyrrole nitrogens is 1. The summed E-state index contributed by atoms with van der Waals surface area (Å²) < 4.78 is 0. The summed E-state index contributed by atoms with van der Waals surface area (Å²) in [4.78, 5) is 32.3. The number of aromatic nitrogens is 3. The fourth-order valence-electron chi connectivity index (χ4n) is 2.10. The fourth-order valence-corrected chi connectivity index (χ4v) is 2.10. The first kappa shape index (κ1) is 16.1. The zero-order chi connectivity index (χ0) is 17.6. The Labute approximate surface area is 141 Å². The van der Waals surface area contributed by atoms with Gasteiger partial charge in [0, 0.05) is 24.4 Å². The second kappa shape index (κ2) is 7.21. The van der Waals surface area contributed by atoms with E-state index in [9.17, 15) is 14.9 Å². The van der Waals surface area contributed by atoms with Crippen molar-refractivity contribution in [1.82, 2.24) is 15.0 Å². The van der Waals surface area contributed by atoms with Gasteiger partial charge in [0.1, 0.15) is 0 Å². The van der Waals surface area contributed by atoms with Gasteiger partial charge in [-0.2, -0.15) is 9.97 Å². The number of aromatic amines is 1. The fraction of sp³-hybridized carbons (Fsp3) is 0.0625. The van der Waals surface area contributed by atoms with Crippen LogP contribution in [-0.2, 0) is 6.54 Å². The van der Waals surface area contributed by atoms with E-state index in [1.807, 2.05) is 30.3 Å². The average Bonchev–Trinajstić information content (AvgIpc) is 2.61. The molecule has 9 heteroatoms. The second-order valence-corrected chi connectivity index (χ2v) is 5.09. The highest BCUT2D eigenvalue weighted by atomic mass is 16.6. The number of hydrogen-bond donors (Lipinski definition) is 3. The zero-order valence-electron chi connectivity index (χ0n) is 13.0. The molecule has 0 radical (unpaired) electrons. The SMILES string of the molecule is O=c1nc(NCc2ccccc2)nc(Nc2ccc([N+](=O)[O-])cc2)[nH]1. The Morgan fingerprint density at radius 2 is 1.76 bits per heavy atom. The maximum atomic E-state index is 11.7. The largest absolute Gasteiger partial charge is 0.351 e. The van der Waals surface area contributed by atoms with Gasteiger partial charge in [0.25, 0.3) is 5.69 Å². The number of non-ortho nitro benzene ring substituents is 1. The number of nitro groups is 1. The van der Waals surface area contributed by atoms with Crippen molar-refractivity contribution >= 4 is 23.3 Å². The van der Waals surface area contributed by atoms with Crippen LogP contribution in [0.3, 0.4) is 0 Å². The van der Waals surface area contributed by atoms with Crippen molar-refractivity contribution in [2.24, 2.45) is 0 Å². The number of benzene rings is 2. The molecular weight excluding hydrogens is 324 g/mol. The minimum atomic E-state index is -0.560. The summed E-state index contributed by atoms with van der Waals surface area (Å²) in [5.74, 6) is 0.362. The van der Waals surface area contributed by atoms with Crippen LogP contribution in [0, 0.1) is 10.1 Å². The molecule has 0 fully saturated rings. The maximum absolute atomic E-state index is 11.7. The molecule has 0 aliphatic carbocycles. The van der Waals surface area contributed by atoms with Crippen molar-refractivity contribution in [1.29, 1.82) is 0 Å². The van der Waals surface area contributed by atoms with E-state index in [1.54, 1.807) is 0 Å². The number of nitro benzene ring substituents is 1. The van der Waals surface area contributed by atoms with Gasteiger partial charge in [-0.1, -0.05) is 30.3 Å². The zero-order valence-corrected chi connectivity index (χ0v) is 13.0. The minimum absolute atomic E-state index is 0.0213. The summed E-state index contributed by atoms with van der Waals surface area (Å²) >= 11 is 0. The molecule has 0 saturated heterocycles. The predicted molar refractivity (Wildman–Crippen MR) is 92.8 cm³/mol. The molecule has 0 amide bonds. The van der Waals surface area contributed by atoms with Crippen molar-refractivity contribution in [3.8, 4) is 0 Å². The van der Waals surface area contributed by atoms with Crippen molar-refractivity contribution in [2.75, 3.05) is 10.6 Å². The van der Waals surface area contributed by atoms with E-state index in [4.69, 9.17) is 0 Å². The van der Waals surface area contributed by atoms with E-state index < -0.39 is 10.6 Å². The quantitative estimate of drug-likeness (QED) is 0.465. The van der Waals surface area contributed by atoms with Crippen LogP contribution in [0.2, 0.25) is 0 Å². The highest BCUT2D eigenvalue weighted by molar-refractivity contribution is 5.56. The lowest BCUT2D eigenvalue weighted by Gasteiger charge is -2.08. The Morgan fingerprint density at radius 3 is 2.44 bits per heavy atom. The van der Waals surface area contributed by atoms with Crippen LogP contribution in [0.15, 0.2) is 59.4 Å². The molecule has 9 nitrogen and oxygen atoms in total. The van der Waals surface area contributed by atoms with E-state index in [2.05, 4.69) is 25.6 Å². The third-order valence-corrected chi connectivity index (χ3v) is 3.28. The molecule has 0 bridgehead atoms. The Morgan fingerprint density at radius 1 is 1.04 bits per heavy atom. The van der Waals surface area contributed by atoms with Crippen molar-refractivity contribution in [3.63, 3.8) is 0 Å². The van der Waals surface area contributed by atoms with Crippen molar-refractivity contribution < 1.29 is 4.92 Å². The van der Waals surface area contributed by atoms with Crippen LogP contribution in [0.1, 0.15) is 5.56 Å². The molecular formula is C16H14N6O3. The molecule has 0 atom stereocenters. The lowest BCUT2D eigenvalue weighted by atomic mass is 10.2. The smallest absolute Gasteiger partial charge is 0.350 e. The highest BCUT2D eigenvalue weighted by Crippen LogP contribution is 2.17. The van der Waals surface area contributed by atoms with Gasteiger partial charge in [0.05, 0.1) is 4.92 Å². The molecule has 0 aliphatic heterocycles. The van der Waals surface area contributed by atoms with Gasteiger partial charge in [-0.25, -0.2) is 4.79 Å². The van der Waals surface area contributed by atoms with Gasteiger partial charge in [-0.05, 0) is 17.7 Å². The summed E-state index contributed by atoms with van der Waals surface area (Å²) in [6.45, 7) is 0.473. The summed E-state index contributed by atoms with van der Waals surface area (Å²) in [5.41, 5.74) is 0.993. The molecule has 3 rings (SSSR count). The van der Waals surface area contributed by atoms with Gasteiger partial charge in [0.15, 0.2) is 0 Å². The van der Waals surface area contributed by atoms with Crippen molar-refractivity contribution in [3.05, 3.63) is 80.8 Å². The summed E-state index contributed by atoms with van der Waals surface area (Å²) in [5, 5.41) is 16.5. The minimum Gasteiger partial charge on any atom is -0.350 e. The molecule has 25 heavy (non-hydrogen) atoms.